The first kappa shape index (κ1) is 17.0. The Labute approximate surface area is 120 Å². The summed E-state index contributed by atoms with van der Waals surface area (Å²) in [6, 6.07) is 4.40. The first-order chi connectivity index (χ1) is 9.69. The zero-order valence-corrected chi connectivity index (χ0v) is 11.6. The summed E-state index contributed by atoms with van der Waals surface area (Å²) < 4.78 is 39.3. The van der Waals surface area contributed by atoms with E-state index in [1.165, 1.54) is 12.1 Å². The molecule has 0 aromatic heterocycles. The van der Waals surface area contributed by atoms with Gasteiger partial charge in [-0.25, -0.2) is 4.79 Å². The van der Waals surface area contributed by atoms with Crippen LogP contribution in [0.5, 0.6) is 0 Å². The van der Waals surface area contributed by atoms with Gasteiger partial charge in [-0.15, -0.1) is 0 Å². The highest BCUT2D eigenvalue weighted by Crippen LogP contribution is 2.39. The monoisotopic (exact) mass is 303 g/mol. The molecule has 4 nitrogen and oxygen atoms in total. The summed E-state index contributed by atoms with van der Waals surface area (Å²) in [4.78, 5) is 23.6. The molecule has 0 bridgehead atoms. The van der Waals surface area contributed by atoms with Crippen LogP contribution in [0.25, 0.3) is 0 Å². The average molecular weight is 303 g/mol. The molecular weight excluding hydrogens is 287 g/mol. The molecule has 21 heavy (non-hydrogen) atoms. The Bertz CT molecular complexity index is 530. The van der Waals surface area contributed by atoms with Crippen molar-refractivity contribution in [2.24, 2.45) is 0 Å². The van der Waals surface area contributed by atoms with E-state index in [2.05, 4.69) is 0 Å². The SMILES string of the molecule is CCCN(C=O)C(C)(C(=O)O)c1ccccc1C(F)(F)F. The van der Waals surface area contributed by atoms with E-state index in [1.54, 1.807) is 6.92 Å². The van der Waals surface area contributed by atoms with Crippen molar-refractivity contribution in [3.63, 3.8) is 0 Å². The Morgan fingerprint density at radius 2 is 1.81 bits per heavy atom. The van der Waals surface area contributed by atoms with Gasteiger partial charge in [0.05, 0.1) is 5.56 Å². The highest BCUT2D eigenvalue weighted by atomic mass is 19.4. The lowest BCUT2D eigenvalue weighted by atomic mass is 9.86. The minimum Gasteiger partial charge on any atom is -0.479 e. The molecule has 0 saturated heterocycles. The molecule has 0 fully saturated rings. The topological polar surface area (TPSA) is 57.6 Å². The zero-order valence-electron chi connectivity index (χ0n) is 11.6. The number of carboxylic acid groups (broad SMARTS) is 1. The number of hydrogen-bond acceptors (Lipinski definition) is 2. The molecule has 116 valence electrons. The maximum Gasteiger partial charge on any atom is 0.416 e. The molecule has 0 spiro atoms. The van der Waals surface area contributed by atoms with Crippen LogP contribution in [0.1, 0.15) is 31.4 Å². The number of amides is 1. The lowest BCUT2D eigenvalue weighted by Crippen LogP contribution is -2.50. The Kier molecular flexibility index (Phi) is 4.98. The van der Waals surface area contributed by atoms with E-state index in [1.807, 2.05) is 0 Å². The fourth-order valence-electron chi connectivity index (χ4n) is 2.17. The van der Waals surface area contributed by atoms with Gasteiger partial charge in [-0.05, 0) is 19.4 Å². The van der Waals surface area contributed by atoms with Crippen LogP contribution in [0.3, 0.4) is 0 Å². The lowest BCUT2D eigenvalue weighted by molar-refractivity contribution is -0.157. The molecule has 1 atom stereocenters. The summed E-state index contributed by atoms with van der Waals surface area (Å²) in [7, 11) is 0. The fraction of sp³-hybridized carbons (Fsp3) is 0.429. The summed E-state index contributed by atoms with van der Waals surface area (Å²) in [5.74, 6) is -1.51. The predicted octanol–water partition coefficient (Wildman–Crippen LogP) is 2.87. The minimum atomic E-state index is -4.70. The fourth-order valence-corrected chi connectivity index (χ4v) is 2.17. The van der Waals surface area contributed by atoms with Crippen LogP contribution in [0, 0.1) is 0 Å². The maximum atomic E-state index is 13.1. The third-order valence-corrected chi connectivity index (χ3v) is 3.34. The van der Waals surface area contributed by atoms with Gasteiger partial charge >= 0.3 is 12.1 Å². The molecule has 1 aromatic carbocycles. The normalized spacial score (nSPS) is 14.3. The van der Waals surface area contributed by atoms with E-state index >= 15 is 0 Å². The van der Waals surface area contributed by atoms with Crippen LogP contribution < -0.4 is 0 Å². The van der Waals surface area contributed by atoms with E-state index in [0.29, 0.717) is 6.42 Å². The highest BCUT2D eigenvalue weighted by molar-refractivity contribution is 5.83. The Balaban J connectivity index is 3.56. The lowest BCUT2D eigenvalue weighted by Gasteiger charge is -2.37. The van der Waals surface area contributed by atoms with Crippen molar-refractivity contribution in [1.29, 1.82) is 0 Å². The molecule has 0 radical (unpaired) electrons. The van der Waals surface area contributed by atoms with Crippen molar-refractivity contribution in [3.8, 4) is 0 Å². The van der Waals surface area contributed by atoms with E-state index in [-0.39, 0.29) is 13.0 Å². The number of carboxylic acids is 1. The van der Waals surface area contributed by atoms with Gasteiger partial charge in [0.25, 0.3) is 0 Å². The van der Waals surface area contributed by atoms with Crippen molar-refractivity contribution in [1.82, 2.24) is 4.90 Å². The smallest absolute Gasteiger partial charge is 0.416 e. The van der Waals surface area contributed by atoms with E-state index in [4.69, 9.17) is 0 Å². The van der Waals surface area contributed by atoms with Gasteiger partial charge in [-0.2, -0.15) is 13.2 Å². The van der Waals surface area contributed by atoms with E-state index < -0.39 is 28.8 Å². The molecule has 0 aliphatic rings. The number of carbonyl (C=O) groups is 2. The average Bonchev–Trinajstić information content (AvgIpc) is 2.42. The van der Waals surface area contributed by atoms with Crippen LogP contribution in [0.2, 0.25) is 0 Å². The molecule has 7 heteroatoms. The van der Waals surface area contributed by atoms with Gasteiger partial charge in [-0.3, -0.25) is 4.79 Å². The Hall–Kier alpha value is -2.05. The summed E-state index contributed by atoms with van der Waals surface area (Å²) >= 11 is 0. The molecule has 0 heterocycles. The van der Waals surface area contributed by atoms with Crippen molar-refractivity contribution < 1.29 is 27.9 Å². The molecule has 1 rings (SSSR count). The van der Waals surface area contributed by atoms with E-state index in [0.717, 1.165) is 24.0 Å². The second-order valence-corrected chi connectivity index (χ2v) is 4.72. The van der Waals surface area contributed by atoms with Gasteiger partial charge < -0.3 is 10.0 Å². The largest absolute Gasteiger partial charge is 0.479 e. The number of nitrogens with zero attached hydrogens (tertiary/aromatic N) is 1. The molecule has 1 unspecified atom stereocenters. The van der Waals surface area contributed by atoms with Crippen molar-refractivity contribution in [2.75, 3.05) is 6.54 Å². The second-order valence-electron chi connectivity index (χ2n) is 4.72. The first-order valence-corrected chi connectivity index (χ1v) is 6.31. The summed E-state index contributed by atoms with van der Waals surface area (Å²) in [6.45, 7) is 2.84. The van der Waals surface area contributed by atoms with Crippen LogP contribution in [0.4, 0.5) is 13.2 Å². The highest BCUT2D eigenvalue weighted by Gasteiger charge is 2.46. The Morgan fingerprint density at radius 1 is 1.29 bits per heavy atom. The third-order valence-electron chi connectivity index (χ3n) is 3.34. The van der Waals surface area contributed by atoms with Gasteiger partial charge in [0.15, 0.2) is 5.54 Å². The Morgan fingerprint density at radius 3 is 2.19 bits per heavy atom. The van der Waals surface area contributed by atoms with Gasteiger partial charge in [0.1, 0.15) is 0 Å². The predicted molar refractivity (Wildman–Crippen MR) is 69.5 cm³/mol. The van der Waals surface area contributed by atoms with Crippen molar-refractivity contribution in [3.05, 3.63) is 35.4 Å². The first-order valence-electron chi connectivity index (χ1n) is 6.31. The molecular formula is C14H16F3NO3. The zero-order chi connectivity index (χ0) is 16.3. The number of halogens is 3. The number of rotatable bonds is 6. The van der Waals surface area contributed by atoms with Gasteiger partial charge in [-0.1, -0.05) is 25.1 Å². The molecule has 0 aliphatic heterocycles. The molecule has 1 amide bonds. The number of carbonyl (C=O) groups excluding carboxylic acids is 1. The van der Waals surface area contributed by atoms with Crippen molar-refractivity contribution in [2.45, 2.75) is 32.0 Å². The van der Waals surface area contributed by atoms with Crippen molar-refractivity contribution >= 4 is 12.4 Å². The van der Waals surface area contributed by atoms with Crippen LogP contribution in [0.15, 0.2) is 24.3 Å². The molecule has 0 saturated carbocycles. The quantitative estimate of drug-likeness (QED) is 0.822. The number of hydrogen-bond donors (Lipinski definition) is 1. The number of aliphatic carboxylic acids is 1. The van der Waals surface area contributed by atoms with Crippen LogP contribution in [-0.2, 0) is 21.3 Å². The van der Waals surface area contributed by atoms with E-state index in [9.17, 15) is 27.9 Å². The van der Waals surface area contributed by atoms with Gasteiger partial charge in [0.2, 0.25) is 6.41 Å². The molecule has 0 aliphatic carbocycles. The van der Waals surface area contributed by atoms with Gasteiger partial charge in [0, 0.05) is 12.1 Å². The van der Waals surface area contributed by atoms with Crippen LogP contribution >= 0.6 is 0 Å². The van der Waals surface area contributed by atoms with Crippen LogP contribution in [-0.4, -0.2) is 28.9 Å². The molecule has 1 aromatic rings. The standard InChI is InChI=1S/C14H16F3NO3/c1-3-8-18(9-19)13(2,12(20)21)10-6-4-5-7-11(10)14(15,16)17/h4-7,9H,3,8H2,1-2H3,(H,20,21). The summed E-state index contributed by atoms with van der Waals surface area (Å²) in [6.07, 6.45) is -4.01. The minimum absolute atomic E-state index is 0.0402. The molecule has 1 N–H and O–H groups in total. The number of alkyl halides is 3. The number of benzene rings is 1. The summed E-state index contributed by atoms with van der Waals surface area (Å²) in [5.41, 5.74) is -3.59. The maximum absolute atomic E-state index is 13.1. The third kappa shape index (κ3) is 3.17. The summed E-state index contributed by atoms with van der Waals surface area (Å²) in [5, 5.41) is 9.44. The second kappa shape index (κ2) is 6.15.